The highest BCUT2D eigenvalue weighted by Gasteiger charge is 2.20. The van der Waals surface area contributed by atoms with Crippen LogP contribution in [0.5, 0.6) is 0 Å². The van der Waals surface area contributed by atoms with Crippen LogP contribution in [0.4, 0.5) is 10.9 Å². The number of nitrogens with one attached hydrogen (secondary N) is 1. The molecule has 1 aromatic carbocycles. The number of amides is 1. The number of nitrogens with zero attached hydrogens (tertiary/aromatic N) is 5. The van der Waals surface area contributed by atoms with E-state index in [-0.39, 0.29) is 17.6 Å². The van der Waals surface area contributed by atoms with Gasteiger partial charge in [0.15, 0.2) is 5.13 Å². The molecule has 0 radical (unpaired) electrons. The number of carbonyl (C=O) groups excluding carboxylic acids is 2. The van der Waals surface area contributed by atoms with Gasteiger partial charge in [0, 0.05) is 42.8 Å². The Hall–Kier alpha value is -3.41. The van der Waals surface area contributed by atoms with E-state index in [1.54, 1.807) is 17.5 Å². The Morgan fingerprint density at radius 2 is 1.94 bits per heavy atom. The van der Waals surface area contributed by atoms with Crippen molar-refractivity contribution in [2.24, 2.45) is 0 Å². The average Bonchev–Trinajstić information content (AvgIpc) is 3.55. The molecule has 1 saturated heterocycles. The van der Waals surface area contributed by atoms with Crippen LogP contribution in [0.1, 0.15) is 23.8 Å². The number of thiophene rings is 1. The molecule has 0 spiro atoms. The third kappa shape index (κ3) is 5.69. The van der Waals surface area contributed by atoms with Crippen molar-refractivity contribution in [3.63, 3.8) is 0 Å². The summed E-state index contributed by atoms with van der Waals surface area (Å²) < 4.78 is 6.20. The highest BCUT2D eigenvalue weighted by molar-refractivity contribution is 7.22. The zero-order chi connectivity index (χ0) is 24.9. The summed E-state index contributed by atoms with van der Waals surface area (Å²) in [6, 6.07) is 10.3. The lowest BCUT2D eigenvalue weighted by Crippen LogP contribution is -2.47. The molecule has 5 rings (SSSR count). The Bertz CT molecular complexity index is 1310. The summed E-state index contributed by atoms with van der Waals surface area (Å²) in [5.74, 6) is 0.238. The molecule has 1 amide bonds. The van der Waals surface area contributed by atoms with E-state index >= 15 is 0 Å². The van der Waals surface area contributed by atoms with E-state index in [4.69, 9.17) is 4.74 Å². The molecular weight excluding hydrogens is 496 g/mol. The molecule has 0 bridgehead atoms. The van der Waals surface area contributed by atoms with E-state index in [0.717, 1.165) is 42.6 Å². The number of hydrogen-bond donors (Lipinski definition) is 1. The number of esters is 1. The van der Waals surface area contributed by atoms with Gasteiger partial charge in [-0.05, 0) is 24.4 Å². The number of hydrogen-bond acceptors (Lipinski definition) is 10. The van der Waals surface area contributed by atoms with Gasteiger partial charge in [0.2, 0.25) is 0 Å². The highest BCUT2D eigenvalue weighted by atomic mass is 32.1. The van der Waals surface area contributed by atoms with Crippen molar-refractivity contribution in [2.45, 2.75) is 13.3 Å². The van der Waals surface area contributed by atoms with Crippen molar-refractivity contribution >= 4 is 55.6 Å². The Morgan fingerprint density at radius 3 is 2.69 bits per heavy atom. The number of fused-ring (bicyclic) bond motifs is 1. The Balaban J connectivity index is 1.14. The number of ether oxygens (including phenoxy) is 1. The maximum absolute atomic E-state index is 12.7. The summed E-state index contributed by atoms with van der Waals surface area (Å²) >= 11 is 3.07. The molecule has 0 saturated carbocycles. The fourth-order valence-corrected chi connectivity index (χ4v) is 5.80. The summed E-state index contributed by atoms with van der Waals surface area (Å²) in [6.45, 7) is 6.14. The molecule has 0 atom stereocenters. The first kappa shape index (κ1) is 24.3. The van der Waals surface area contributed by atoms with Gasteiger partial charge in [-0.3, -0.25) is 19.8 Å². The van der Waals surface area contributed by atoms with Gasteiger partial charge >= 0.3 is 5.97 Å². The largest absolute Gasteiger partial charge is 0.466 e. The van der Waals surface area contributed by atoms with Gasteiger partial charge in [0.05, 0.1) is 36.0 Å². The topological polar surface area (TPSA) is 101 Å². The Kier molecular flexibility index (Phi) is 7.49. The second kappa shape index (κ2) is 11.1. The first-order valence-corrected chi connectivity index (χ1v) is 13.5. The number of anilines is 2. The van der Waals surface area contributed by atoms with Crippen molar-refractivity contribution in [3.05, 3.63) is 53.8 Å². The Labute approximate surface area is 216 Å². The molecular formula is C25H26N6O3S2. The van der Waals surface area contributed by atoms with Crippen LogP contribution < -0.4 is 10.2 Å². The van der Waals surface area contributed by atoms with E-state index in [1.807, 2.05) is 24.4 Å². The van der Waals surface area contributed by atoms with E-state index in [9.17, 15) is 9.59 Å². The van der Waals surface area contributed by atoms with Crippen LogP contribution in [-0.2, 0) is 9.53 Å². The van der Waals surface area contributed by atoms with Crippen molar-refractivity contribution < 1.29 is 14.3 Å². The normalized spacial score (nSPS) is 14.2. The summed E-state index contributed by atoms with van der Waals surface area (Å²) in [7, 11) is 0. The van der Waals surface area contributed by atoms with Gasteiger partial charge in [-0.1, -0.05) is 18.2 Å². The van der Waals surface area contributed by atoms with Crippen LogP contribution in [0.3, 0.4) is 0 Å². The molecule has 1 aliphatic heterocycles. The minimum atomic E-state index is -0.338. The van der Waals surface area contributed by atoms with Crippen molar-refractivity contribution in [2.75, 3.05) is 49.5 Å². The number of aromatic nitrogens is 3. The average molecular weight is 523 g/mol. The molecule has 3 aromatic heterocycles. The first-order valence-electron chi connectivity index (χ1n) is 11.8. The molecule has 36 heavy (non-hydrogen) atoms. The smallest absolute Gasteiger partial charge is 0.307 e. The number of thiazole rings is 1. The molecule has 186 valence electrons. The van der Waals surface area contributed by atoms with E-state index < -0.39 is 0 Å². The minimum absolute atomic E-state index is 0.159. The lowest BCUT2D eigenvalue weighted by molar-refractivity contribution is -0.143. The van der Waals surface area contributed by atoms with Crippen molar-refractivity contribution in [1.29, 1.82) is 0 Å². The van der Waals surface area contributed by atoms with E-state index in [2.05, 4.69) is 48.3 Å². The van der Waals surface area contributed by atoms with Crippen LogP contribution in [0, 0.1) is 0 Å². The maximum Gasteiger partial charge on any atom is 0.307 e. The summed E-state index contributed by atoms with van der Waals surface area (Å²) in [5.41, 5.74) is 1.09. The molecule has 1 aliphatic rings. The minimum Gasteiger partial charge on any atom is -0.466 e. The third-order valence-electron chi connectivity index (χ3n) is 5.91. The van der Waals surface area contributed by atoms with Crippen LogP contribution in [0.15, 0.2) is 48.1 Å². The fourth-order valence-electron chi connectivity index (χ4n) is 4.00. The SMILES string of the molecule is CCOC(=O)CCN1CCN(c2cnc(C(=O)Nc3nc(-c4cc5ccccc5s4)cs3)cn2)CC1. The van der Waals surface area contributed by atoms with Crippen LogP contribution in [-0.4, -0.2) is 71.1 Å². The quantitative estimate of drug-likeness (QED) is 0.345. The van der Waals surface area contributed by atoms with Gasteiger partial charge in [0.25, 0.3) is 5.91 Å². The van der Waals surface area contributed by atoms with Gasteiger partial charge in [0.1, 0.15) is 11.5 Å². The molecule has 0 aliphatic carbocycles. The standard InChI is InChI=1S/C25H26N6O3S2/c1-2-34-23(32)7-8-30-9-11-31(12-10-30)22-15-26-18(14-27-22)24(33)29-25-28-19(16-35-25)21-13-17-5-3-4-6-20(17)36-21/h3-6,13-16H,2,7-12H2,1H3,(H,28,29,33). The summed E-state index contributed by atoms with van der Waals surface area (Å²) in [6.07, 6.45) is 3.54. The highest BCUT2D eigenvalue weighted by Crippen LogP contribution is 2.34. The van der Waals surface area contributed by atoms with Crippen LogP contribution in [0.2, 0.25) is 0 Å². The summed E-state index contributed by atoms with van der Waals surface area (Å²) in [4.78, 5) is 43.1. The van der Waals surface area contributed by atoms with Crippen molar-refractivity contribution in [3.8, 4) is 10.6 Å². The zero-order valence-electron chi connectivity index (χ0n) is 19.8. The number of piperazine rings is 1. The fraction of sp³-hybridized carbons (Fsp3) is 0.320. The predicted molar refractivity (Wildman–Crippen MR) is 143 cm³/mol. The van der Waals surface area contributed by atoms with Crippen LogP contribution >= 0.6 is 22.7 Å². The molecule has 11 heteroatoms. The molecule has 4 heterocycles. The summed E-state index contributed by atoms with van der Waals surface area (Å²) in [5, 5.41) is 6.49. The zero-order valence-corrected chi connectivity index (χ0v) is 21.5. The molecule has 1 fully saturated rings. The third-order valence-corrected chi connectivity index (χ3v) is 7.80. The second-order valence-electron chi connectivity index (χ2n) is 8.28. The van der Waals surface area contributed by atoms with Gasteiger partial charge in [-0.2, -0.15) is 0 Å². The van der Waals surface area contributed by atoms with Gasteiger partial charge in [-0.15, -0.1) is 22.7 Å². The van der Waals surface area contributed by atoms with Gasteiger partial charge < -0.3 is 9.64 Å². The van der Waals surface area contributed by atoms with Crippen molar-refractivity contribution in [1.82, 2.24) is 19.9 Å². The first-order chi connectivity index (χ1) is 17.6. The molecule has 0 unspecified atom stereocenters. The molecule has 1 N–H and O–H groups in total. The molecule has 9 nitrogen and oxygen atoms in total. The number of rotatable bonds is 8. The van der Waals surface area contributed by atoms with E-state index in [0.29, 0.717) is 24.7 Å². The van der Waals surface area contributed by atoms with Crippen LogP contribution in [0.25, 0.3) is 20.7 Å². The molecule has 4 aromatic rings. The van der Waals surface area contributed by atoms with Gasteiger partial charge in [-0.25, -0.2) is 15.0 Å². The lowest BCUT2D eigenvalue weighted by Gasteiger charge is -2.35. The predicted octanol–water partition coefficient (Wildman–Crippen LogP) is 4.14. The second-order valence-corrected chi connectivity index (χ2v) is 10.2. The number of benzene rings is 1. The number of carbonyl (C=O) groups is 2. The van der Waals surface area contributed by atoms with E-state index in [1.165, 1.54) is 27.6 Å². The maximum atomic E-state index is 12.7. The monoisotopic (exact) mass is 522 g/mol. The Morgan fingerprint density at radius 1 is 1.11 bits per heavy atom. The lowest BCUT2D eigenvalue weighted by atomic mass is 10.2.